The zero-order chi connectivity index (χ0) is 14.0. The minimum atomic E-state index is -0.532. The van der Waals surface area contributed by atoms with Crippen LogP contribution in [0.25, 0.3) is 0 Å². The molecule has 1 N–H and O–H groups in total. The van der Waals surface area contributed by atoms with Crippen LogP contribution in [0.5, 0.6) is 0 Å². The van der Waals surface area contributed by atoms with Gasteiger partial charge in [0.05, 0.1) is 17.5 Å². The van der Waals surface area contributed by atoms with Crippen molar-refractivity contribution >= 4 is 12.1 Å². The lowest BCUT2D eigenvalue weighted by molar-refractivity contribution is 0.0946. The molecule has 0 saturated heterocycles. The average Bonchev–Trinajstić information content (AvgIpc) is 2.88. The van der Waals surface area contributed by atoms with Crippen molar-refractivity contribution in [3.05, 3.63) is 34.7 Å². The summed E-state index contributed by atoms with van der Waals surface area (Å²) in [6.45, 7) is 3.31. The summed E-state index contributed by atoms with van der Waals surface area (Å²) in [6.07, 6.45) is 1.20. The second-order valence-corrected chi connectivity index (χ2v) is 3.94. The molecule has 2 aromatic rings. The van der Waals surface area contributed by atoms with E-state index >= 15 is 0 Å². The Morgan fingerprint density at radius 3 is 2.84 bits per heavy atom. The van der Waals surface area contributed by atoms with E-state index in [9.17, 15) is 9.18 Å². The van der Waals surface area contributed by atoms with Gasteiger partial charge in [0.15, 0.2) is 5.69 Å². The molecule has 7 nitrogen and oxygen atoms in total. The van der Waals surface area contributed by atoms with Crippen molar-refractivity contribution in [2.24, 2.45) is 12.1 Å². The van der Waals surface area contributed by atoms with Gasteiger partial charge >= 0.3 is 0 Å². The van der Waals surface area contributed by atoms with Crippen molar-refractivity contribution in [1.29, 1.82) is 0 Å². The number of carbonyl (C=O) groups is 1. The van der Waals surface area contributed by atoms with Crippen LogP contribution < -0.4 is 5.43 Å². The predicted octanol–water partition coefficient (Wildman–Crippen LogP) is 0.928. The van der Waals surface area contributed by atoms with E-state index in [-0.39, 0.29) is 11.3 Å². The molecule has 0 aliphatic heterocycles. The summed E-state index contributed by atoms with van der Waals surface area (Å²) in [6, 6.07) is 1.47. The van der Waals surface area contributed by atoms with E-state index in [1.54, 1.807) is 13.8 Å². The summed E-state index contributed by atoms with van der Waals surface area (Å²) in [5, 5.41) is 11.1. The number of hydrogen-bond donors (Lipinski definition) is 1. The number of hydrazone groups is 1. The van der Waals surface area contributed by atoms with Gasteiger partial charge in [0, 0.05) is 13.1 Å². The largest absolute Gasteiger partial charge is 0.361 e. The number of aryl methyl sites for hydroxylation is 3. The number of rotatable bonds is 3. The van der Waals surface area contributed by atoms with Gasteiger partial charge in [-0.25, -0.2) is 10.1 Å². The third-order valence-electron chi connectivity index (χ3n) is 2.42. The summed E-state index contributed by atoms with van der Waals surface area (Å²) < 4.78 is 19.4. The Hall–Kier alpha value is -2.51. The smallest absolute Gasteiger partial charge is 0.293 e. The molecule has 0 saturated carbocycles. The summed E-state index contributed by atoms with van der Waals surface area (Å²) in [4.78, 5) is 11.6. The number of carbonyl (C=O) groups excluding carboxylic acids is 1. The van der Waals surface area contributed by atoms with E-state index in [1.165, 1.54) is 19.3 Å². The first-order valence-electron chi connectivity index (χ1n) is 5.45. The fraction of sp³-hybridized carbons (Fsp3) is 0.273. The summed E-state index contributed by atoms with van der Waals surface area (Å²) in [5.41, 5.74) is 3.04. The lowest BCUT2D eigenvalue weighted by atomic mass is 10.3. The molecule has 1 amide bonds. The number of amides is 1. The molecule has 0 bridgehead atoms. The molecule has 8 heteroatoms. The van der Waals surface area contributed by atoms with E-state index < -0.39 is 11.9 Å². The number of aromatic nitrogens is 3. The van der Waals surface area contributed by atoms with Gasteiger partial charge in [-0.2, -0.15) is 14.6 Å². The molecule has 0 unspecified atom stereocenters. The Balaban J connectivity index is 2.06. The Bertz CT molecular complexity index is 644. The van der Waals surface area contributed by atoms with E-state index in [0.29, 0.717) is 11.5 Å². The molecule has 0 radical (unpaired) electrons. The molecule has 100 valence electrons. The van der Waals surface area contributed by atoms with Gasteiger partial charge in [-0.1, -0.05) is 5.16 Å². The van der Waals surface area contributed by atoms with Crippen molar-refractivity contribution in [3.63, 3.8) is 0 Å². The normalized spacial score (nSPS) is 11.2. The molecule has 0 spiro atoms. The van der Waals surface area contributed by atoms with Crippen molar-refractivity contribution < 1.29 is 13.7 Å². The molecular weight excluding hydrogens is 253 g/mol. The highest BCUT2D eigenvalue weighted by molar-refractivity contribution is 5.93. The summed E-state index contributed by atoms with van der Waals surface area (Å²) in [5.74, 6) is -0.536. The lowest BCUT2D eigenvalue weighted by Crippen LogP contribution is -2.18. The van der Waals surface area contributed by atoms with Gasteiger partial charge in [0.25, 0.3) is 5.91 Å². The van der Waals surface area contributed by atoms with Crippen molar-refractivity contribution in [3.8, 4) is 0 Å². The molecule has 19 heavy (non-hydrogen) atoms. The topological polar surface area (TPSA) is 85.3 Å². The zero-order valence-corrected chi connectivity index (χ0v) is 10.6. The maximum atomic E-state index is 13.5. The molecule has 0 aliphatic carbocycles. The Morgan fingerprint density at radius 1 is 1.58 bits per heavy atom. The number of nitrogens with zero attached hydrogens (tertiary/aromatic N) is 4. The van der Waals surface area contributed by atoms with Gasteiger partial charge in [0.2, 0.25) is 5.95 Å². The van der Waals surface area contributed by atoms with Crippen LogP contribution in [0.3, 0.4) is 0 Å². The molecule has 0 aliphatic rings. The second-order valence-electron chi connectivity index (χ2n) is 3.94. The summed E-state index contributed by atoms with van der Waals surface area (Å²) in [7, 11) is 1.48. The molecule has 0 aromatic carbocycles. The highest BCUT2D eigenvalue weighted by atomic mass is 19.1. The van der Waals surface area contributed by atoms with E-state index in [0.717, 1.165) is 4.68 Å². The third kappa shape index (κ3) is 2.67. The van der Waals surface area contributed by atoms with Gasteiger partial charge < -0.3 is 4.52 Å². The van der Waals surface area contributed by atoms with Crippen molar-refractivity contribution in [2.75, 3.05) is 0 Å². The van der Waals surface area contributed by atoms with Gasteiger partial charge in [-0.05, 0) is 13.8 Å². The Labute approximate surface area is 108 Å². The van der Waals surface area contributed by atoms with Crippen LogP contribution in [0.2, 0.25) is 0 Å². The lowest BCUT2D eigenvalue weighted by Gasteiger charge is -1.94. The first kappa shape index (κ1) is 12.9. The van der Waals surface area contributed by atoms with Crippen LogP contribution in [-0.2, 0) is 7.05 Å². The molecule has 2 heterocycles. The fourth-order valence-corrected chi connectivity index (χ4v) is 1.48. The van der Waals surface area contributed by atoms with Crippen LogP contribution in [0, 0.1) is 19.8 Å². The second kappa shape index (κ2) is 5.01. The SMILES string of the molecule is Cc1cc(C(=O)NN=Cc2c(C)nn(C)c2F)no1. The Morgan fingerprint density at radius 2 is 2.32 bits per heavy atom. The monoisotopic (exact) mass is 265 g/mol. The van der Waals surface area contributed by atoms with Crippen LogP contribution in [0.15, 0.2) is 15.7 Å². The number of nitrogens with one attached hydrogen (secondary N) is 1. The molecule has 0 atom stereocenters. The van der Waals surface area contributed by atoms with Gasteiger partial charge in [-0.15, -0.1) is 0 Å². The quantitative estimate of drug-likeness (QED) is 0.660. The van der Waals surface area contributed by atoms with Crippen molar-refractivity contribution in [2.45, 2.75) is 13.8 Å². The molecule has 0 fully saturated rings. The first-order valence-corrected chi connectivity index (χ1v) is 5.45. The van der Waals surface area contributed by atoms with Gasteiger partial charge in [0.1, 0.15) is 5.76 Å². The first-order chi connectivity index (χ1) is 8.99. The zero-order valence-electron chi connectivity index (χ0n) is 10.6. The minimum absolute atomic E-state index is 0.109. The maximum Gasteiger partial charge on any atom is 0.293 e. The van der Waals surface area contributed by atoms with Gasteiger partial charge in [-0.3, -0.25) is 4.79 Å². The summed E-state index contributed by atoms with van der Waals surface area (Å²) >= 11 is 0. The molecular formula is C11H12FN5O2. The van der Waals surface area contributed by atoms with Crippen LogP contribution in [0.4, 0.5) is 4.39 Å². The number of hydrogen-bond acceptors (Lipinski definition) is 5. The third-order valence-corrected chi connectivity index (χ3v) is 2.42. The highest BCUT2D eigenvalue weighted by Crippen LogP contribution is 2.07. The molecule has 2 rings (SSSR count). The Kier molecular flexibility index (Phi) is 3.41. The van der Waals surface area contributed by atoms with Crippen molar-refractivity contribution in [1.82, 2.24) is 20.4 Å². The van der Waals surface area contributed by atoms with Crippen LogP contribution >= 0.6 is 0 Å². The number of halogens is 1. The minimum Gasteiger partial charge on any atom is -0.361 e. The highest BCUT2D eigenvalue weighted by Gasteiger charge is 2.12. The van der Waals surface area contributed by atoms with E-state index in [1.807, 2.05) is 0 Å². The standard InChI is InChI=1S/C11H12FN5O2/c1-6-4-9(16-19-6)11(18)14-13-5-8-7(2)15-17(3)10(8)12/h4-5H,1-3H3,(H,14,18). The average molecular weight is 265 g/mol. The molecule has 2 aromatic heterocycles. The van der Waals surface area contributed by atoms with E-state index in [4.69, 9.17) is 4.52 Å². The van der Waals surface area contributed by atoms with Crippen LogP contribution in [-0.4, -0.2) is 27.1 Å². The maximum absolute atomic E-state index is 13.5. The van der Waals surface area contributed by atoms with E-state index in [2.05, 4.69) is 20.8 Å². The van der Waals surface area contributed by atoms with Crippen LogP contribution in [0.1, 0.15) is 27.5 Å². The predicted molar refractivity (Wildman–Crippen MR) is 64.2 cm³/mol. The fourth-order valence-electron chi connectivity index (χ4n) is 1.48.